The second-order valence-electron chi connectivity index (χ2n) is 8.40. The van der Waals surface area contributed by atoms with Gasteiger partial charge in [-0.25, -0.2) is 4.90 Å². The molecule has 0 unspecified atom stereocenters. The number of nitrogens with zero attached hydrogens (tertiary/aromatic N) is 2. The molecule has 0 N–H and O–H groups in total. The summed E-state index contributed by atoms with van der Waals surface area (Å²) >= 11 is 0. The van der Waals surface area contributed by atoms with Crippen LogP contribution in [0.1, 0.15) is 28.2 Å². The highest BCUT2D eigenvalue weighted by atomic mass is 16.6. The van der Waals surface area contributed by atoms with Crippen molar-refractivity contribution < 1.29 is 19.3 Å². The molecule has 3 aliphatic carbocycles. The number of anilines is 1. The molecule has 1 heterocycles. The van der Waals surface area contributed by atoms with Gasteiger partial charge in [0.25, 0.3) is 5.69 Å². The average molecular weight is 424 g/mol. The van der Waals surface area contributed by atoms with Gasteiger partial charge < -0.3 is 4.79 Å². The van der Waals surface area contributed by atoms with Gasteiger partial charge in [0.2, 0.25) is 11.8 Å². The Morgan fingerprint density at radius 2 is 1.41 bits per heavy atom. The van der Waals surface area contributed by atoms with Gasteiger partial charge in [0.15, 0.2) is 0 Å². The molecule has 0 saturated carbocycles. The zero-order chi connectivity index (χ0) is 22.2. The number of para-hydroxylation sites is 2. The lowest BCUT2D eigenvalue weighted by Gasteiger charge is -2.51. The fraction of sp³-hybridized carbons (Fsp3) is 0.160. The van der Waals surface area contributed by atoms with Crippen molar-refractivity contribution in [2.24, 2.45) is 11.8 Å². The molecule has 2 bridgehead atoms. The third kappa shape index (κ3) is 1.98. The van der Waals surface area contributed by atoms with Crippen LogP contribution in [0.3, 0.4) is 0 Å². The number of hydrogen-bond donors (Lipinski definition) is 0. The van der Waals surface area contributed by atoms with Crippen LogP contribution in [0.25, 0.3) is 0 Å². The van der Waals surface area contributed by atoms with Crippen molar-refractivity contribution in [2.75, 3.05) is 4.90 Å². The summed E-state index contributed by atoms with van der Waals surface area (Å²) in [5, 5.41) is 11.6. The van der Waals surface area contributed by atoms with Crippen LogP contribution < -0.4 is 4.90 Å². The monoisotopic (exact) mass is 424 g/mol. The Labute approximate surface area is 182 Å². The van der Waals surface area contributed by atoms with Crippen molar-refractivity contribution in [3.05, 3.63) is 105 Å². The van der Waals surface area contributed by atoms with E-state index in [1.54, 1.807) is 6.07 Å². The van der Waals surface area contributed by atoms with E-state index in [9.17, 15) is 24.5 Å². The molecule has 1 saturated heterocycles. The Balaban J connectivity index is 1.65. The summed E-state index contributed by atoms with van der Waals surface area (Å²) in [5.74, 6) is -3.25. The lowest BCUT2D eigenvalue weighted by Crippen LogP contribution is -2.54. The third-order valence-electron chi connectivity index (χ3n) is 7.19. The summed E-state index contributed by atoms with van der Waals surface area (Å²) in [5.41, 5.74) is 1.45. The van der Waals surface area contributed by atoms with Gasteiger partial charge in [0.1, 0.15) is 12.0 Å². The summed E-state index contributed by atoms with van der Waals surface area (Å²) in [6.07, 6.45) is 0.784. The lowest BCUT2D eigenvalue weighted by atomic mass is 9.48. The van der Waals surface area contributed by atoms with Crippen molar-refractivity contribution in [3.8, 4) is 0 Å². The van der Waals surface area contributed by atoms with Gasteiger partial charge in [-0.2, -0.15) is 0 Å². The highest BCUT2D eigenvalue weighted by molar-refractivity contribution is 6.25. The van der Waals surface area contributed by atoms with Gasteiger partial charge in [-0.1, -0.05) is 60.7 Å². The Morgan fingerprint density at radius 1 is 0.844 bits per heavy atom. The second kappa shape index (κ2) is 6.20. The van der Waals surface area contributed by atoms with Crippen LogP contribution in [0.15, 0.2) is 72.8 Å². The molecule has 0 spiro atoms. The van der Waals surface area contributed by atoms with Crippen LogP contribution in [0.2, 0.25) is 0 Å². The predicted molar refractivity (Wildman–Crippen MR) is 114 cm³/mol. The number of rotatable bonds is 3. The van der Waals surface area contributed by atoms with Crippen LogP contribution >= 0.6 is 0 Å². The van der Waals surface area contributed by atoms with Gasteiger partial charge in [0.05, 0.1) is 22.2 Å². The van der Waals surface area contributed by atoms with Gasteiger partial charge in [0, 0.05) is 12.0 Å². The summed E-state index contributed by atoms with van der Waals surface area (Å²) in [6, 6.07) is 20.6. The first-order valence-electron chi connectivity index (χ1n) is 10.3. The molecule has 7 nitrogen and oxygen atoms in total. The van der Waals surface area contributed by atoms with Crippen molar-refractivity contribution in [2.45, 2.75) is 11.3 Å². The maximum absolute atomic E-state index is 13.8. The summed E-state index contributed by atoms with van der Waals surface area (Å²) in [7, 11) is 0. The van der Waals surface area contributed by atoms with Crippen LogP contribution in [0.5, 0.6) is 0 Å². The van der Waals surface area contributed by atoms with Gasteiger partial charge >= 0.3 is 0 Å². The zero-order valence-corrected chi connectivity index (χ0v) is 16.7. The molecule has 0 radical (unpaired) electrons. The number of aldehydes is 1. The summed E-state index contributed by atoms with van der Waals surface area (Å²) in [6.45, 7) is 0. The molecule has 1 fully saturated rings. The van der Waals surface area contributed by atoms with Crippen LogP contribution in [-0.4, -0.2) is 23.0 Å². The minimum Gasteiger partial charge on any atom is -0.302 e. The van der Waals surface area contributed by atoms with Gasteiger partial charge in [-0.15, -0.1) is 0 Å². The summed E-state index contributed by atoms with van der Waals surface area (Å²) < 4.78 is 0. The molecular formula is C25H16N2O5. The molecule has 0 aromatic heterocycles. The van der Waals surface area contributed by atoms with E-state index in [0.717, 1.165) is 33.4 Å². The zero-order valence-electron chi connectivity index (χ0n) is 16.7. The van der Waals surface area contributed by atoms with Gasteiger partial charge in [-0.05, 0) is 28.3 Å². The number of nitro groups is 1. The normalized spacial score (nSPS) is 27.0. The minimum atomic E-state index is -1.32. The Bertz CT molecular complexity index is 1320. The Hall–Kier alpha value is -4.13. The Morgan fingerprint density at radius 3 is 2.00 bits per heavy atom. The number of carbonyl (C=O) groups excluding carboxylic acids is 3. The Kier molecular flexibility index (Phi) is 3.61. The smallest absolute Gasteiger partial charge is 0.293 e. The first-order valence-corrected chi connectivity index (χ1v) is 10.3. The average Bonchev–Trinajstić information content (AvgIpc) is 3.09. The largest absolute Gasteiger partial charge is 0.302 e. The topological polar surface area (TPSA) is 97.6 Å². The van der Waals surface area contributed by atoms with Crippen LogP contribution in [0, 0.1) is 22.0 Å². The van der Waals surface area contributed by atoms with Crippen LogP contribution in [-0.2, 0) is 19.8 Å². The molecule has 2 amide bonds. The third-order valence-corrected chi connectivity index (χ3v) is 7.19. The van der Waals surface area contributed by atoms with E-state index >= 15 is 0 Å². The van der Waals surface area contributed by atoms with Gasteiger partial charge in [-0.3, -0.25) is 19.7 Å². The van der Waals surface area contributed by atoms with Crippen molar-refractivity contribution in [1.29, 1.82) is 0 Å². The van der Waals surface area contributed by atoms with E-state index in [1.807, 2.05) is 48.5 Å². The first-order chi connectivity index (χ1) is 15.5. The van der Waals surface area contributed by atoms with E-state index in [0.29, 0.717) is 0 Å². The number of carbonyl (C=O) groups is 3. The van der Waals surface area contributed by atoms with Crippen molar-refractivity contribution in [1.82, 2.24) is 0 Å². The number of nitro benzene ring substituents is 1. The first kappa shape index (κ1) is 18.6. The molecule has 156 valence electrons. The molecule has 4 aliphatic rings. The second-order valence-corrected chi connectivity index (χ2v) is 8.40. The van der Waals surface area contributed by atoms with Crippen molar-refractivity contribution in [3.63, 3.8) is 0 Å². The highest BCUT2D eigenvalue weighted by Gasteiger charge is 2.68. The van der Waals surface area contributed by atoms with E-state index < -0.39 is 39.9 Å². The fourth-order valence-electron chi connectivity index (χ4n) is 6.08. The van der Waals surface area contributed by atoms with Crippen LogP contribution in [0.4, 0.5) is 11.4 Å². The molecule has 3 aromatic rings. The number of amides is 2. The number of benzene rings is 3. The molecule has 7 heteroatoms. The fourth-order valence-corrected chi connectivity index (χ4v) is 6.08. The highest BCUT2D eigenvalue weighted by Crippen LogP contribution is 2.63. The number of imide groups is 1. The standard InChI is InChI=1S/C25H16N2O5/c28-13-25-16-9-3-1-7-14(16)20(15-8-2-4-10-17(15)25)21-22(25)24(30)26(23(21)29)18-11-5-6-12-19(18)27(31)32/h1-13,20-22H/t20?,21-,22+,25?/m0/s1. The van der Waals surface area contributed by atoms with E-state index in [-0.39, 0.29) is 11.4 Å². The lowest BCUT2D eigenvalue weighted by molar-refractivity contribution is -0.384. The van der Waals surface area contributed by atoms with E-state index in [2.05, 4.69) is 0 Å². The van der Waals surface area contributed by atoms with E-state index in [1.165, 1.54) is 18.2 Å². The van der Waals surface area contributed by atoms with E-state index in [4.69, 9.17) is 0 Å². The molecular weight excluding hydrogens is 408 g/mol. The maximum Gasteiger partial charge on any atom is 0.293 e. The quantitative estimate of drug-likeness (QED) is 0.278. The molecule has 2 atom stereocenters. The SMILES string of the molecule is O=CC12c3ccccc3C(c3ccccc31)[C@@H]1C(=O)N(c3ccccc3[N+](=O)[O-])C(=O)[C@@H]12. The number of hydrogen-bond acceptors (Lipinski definition) is 5. The molecule has 32 heavy (non-hydrogen) atoms. The maximum atomic E-state index is 13.8. The minimum absolute atomic E-state index is 0.0598. The van der Waals surface area contributed by atoms with Crippen molar-refractivity contribution >= 4 is 29.5 Å². The molecule has 7 rings (SSSR count). The molecule has 1 aliphatic heterocycles. The molecule has 3 aromatic carbocycles. The predicted octanol–water partition coefficient (Wildman–Crippen LogP) is 3.34. The summed E-state index contributed by atoms with van der Waals surface area (Å²) in [4.78, 5) is 52.4.